The number of Topliss-reactive ketones (excluding diaryl/α,β-unsaturated/α-hetero) is 1. The third-order valence-electron chi connectivity index (χ3n) is 1.98. The highest BCUT2D eigenvalue weighted by molar-refractivity contribution is 9.40. The third-order valence-corrected chi connectivity index (χ3v) is 3.06. The number of ketones is 1. The summed E-state index contributed by atoms with van der Waals surface area (Å²) in [7, 11) is 0. The fraction of sp³-hybridized carbons (Fsp3) is 0.125. The molecular formula is C8H3Br3N2O6. The molecule has 11 heteroatoms. The van der Waals surface area contributed by atoms with Crippen LogP contribution in [0.25, 0.3) is 0 Å². The van der Waals surface area contributed by atoms with Crippen molar-refractivity contribution in [2.45, 2.75) is 2.14 Å². The van der Waals surface area contributed by atoms with Crippen LogP contribution in [-0.4, -0.2) is 22.9 Å². The van der Waals surface area contributed by atoms with Crippen molar-refractivity contribution in [1.82, 2.24) is 0 Å². The molecule has 0 heterocycles. The first-order valence-corrected chi connectivity index (χ1v) is 6.71. The van der Waals surface area contributed by atoms with E-state index >= 15 is 0 Å². The second-order valence-corrected chi connectivity index (χ2v) is 9.96. The number of phenolic OH excluding ortho intramolecular Hbond substituents is 1. The van der Waals surface area contributed by atoms with Gasteiger partial charge in [0.05, 0.1) is 21.5 Å². The van der Waals surface area contributed by atoms with Crippen molar-refractivity contribution in [3.8, 4) is 5.75 Å². The predicted molar refractivity (Wildman–Crippen MR) is 75.3 cm³/mol. The maximum Gasteiger partial charge on any atom is 0.318 e. The van der Waals surface area contributed by atoms with Crippen molar-refractivity contribution in [2.24, 2.45) is 0 Å². The minimum Gasteiger partial charge on any atom is -0.502 e. The number of phenols is 1. The molecule has 0 fully saturated rings. The summed E-state index contributed by atoms with van der Waals surface area (Å²) < 4.78 is -1.49. The van der Waals surface area contributed by atoms with Gasteiger partial charge in [-0.25, -0.2) is 0 Å². The Morgan fingerprint density at radius 2 is 1.68 bits per heavy atom. The quantitative estimate of drug-likeness (QED) is 0.318. The monoisotopic (exact) mass is 460 g/mol. The first-order valence-electron chi connectivity index (χ1n) is 4.33. The van der Waals surface area contributed by atoms with E-state index < -0.39 is 40.5 Å². The minimum atomic E-state index is -1.49. The van der Waals surface area contributed by atoms with Crippen molar-refractivity contribution in [1.29, 1.82) is 0 Å². The summed E-state index contributed by atoms with van der Waals surface area (Å²) in [5, 5.41) is 31.0. The van der Waals surface area contributed by atoms with E-state index in [2.05, 4.69) is 47.8 Å². The number of carbonyl (C=O) groups excluding carboxylic acids is 1. The number of benzene rings is 1. The van der Waals surface area contributed by atoms with Gasteiger partial charge in [0.25, 0.3) is 5.69 Å². The Bertz CT molecular complexity index is 583. The molecule has 1 N–H and O–H groups in total. The van der Waals surface area contributed by atoms with Gasteiger partial charge in [0, 0.05) is 6.07 Å². The molecule has 1 rings (SSSR count). The number of rotatable bonds is 3. The Balaban J connectivity index is 3.60. The summed E-state index contributed by atoms with van der Waals surface area (Å²) >= 11 is 8.61. The zero-order chi connectivity index (χ0) is 15.0. The van der Waals surface area contributed by atoms with Gasteiger partial charge in [0.1, 0.15) is 0 Å². The molecule has 102 valence electrons. The summed E-state index contributed by atoms with van der Waals surface area (Å²) in [6.07, 6.45) is 0. The number of carbonyl (C=O) groups is 1. The summed E-state index contributed by atoms with van der Waals surface area (Å²) in [6.45, 7) is 0. The Morgan fingerprint density at radius 1 is 1.16 bits per heavy atom. The minimum absolute atomic E-state index is 0.563. The van der Waals surface area contributed by atoms with Crippen LogP contribution in [0.2, 0.25) is 0 Å². The Labute approximate surface area is 130 Å². The van der Waals surface area contributed by atoms with Gasteiger partial charge in [0.15, 0.2) is 2.14 Å². The number of hydrogen-bond acceptors (Lipinski definition) is 6. The number of nitro benzene ring substituents is 2. The number of nitrogens with zero attached hydrogens (tertiary/aromatic N) is 2. The summed E-state index contributed by atoms with van der Waals surface area (Å²) in [4.78, 5) is 31.3. The molecule has 0 radical (unpaired) electrons. The SMILES string of the molecule is O=C(c1cc([N+](=O)[O-])cc([N+](=O)[O-])c1O)C(Br)(Br)Br. The Morgan fingerprint density at radius 3 is 2.05 bits per heavy atom. The van der Waals surface area contributed by atoms with Crippen molar-refractivity contribution < 1.29 is 19.7 Å². The number of non-ortho nitro benzene ring substituents is 1. The van der Waals surface area contributed by atoms with Gasteiger partial charge in [-0.15, -0.1) is 0 Å². The molecule has 0 aliphatic carbocycles. The smallest absolute Gasteiger partial charge is 0.318 e. The van der Waals surface area contributed by atoms with Crippen LogP contribution < -0.4 is 0 Å². The molecule has 0 saturated carbocycles. The Hall–Kier alpha value is -1.07. The summed E-state index contributed by atoms with van der Waals surface area (Å²) in [5.74, 6) is -1.81. The number of nitro groups is 2. The largest absolute Gasteiger partial charge is 0.502 e. The average Bonchev–Trinajstić information content (AvgIpc) is 2.26. The molecule has 0 amide bonds. The maximum absolute atomic E-state index is 11.9. The van der Waals surface area contributed by atoms with Crippen LogP contribution in [0.4, 0.5) is 11.4 Å². The van der Waals surface area contributed by atoms with Gasteiger partial charge >= 0.3 is 5.69 Å². The lowest BCUT2D eigenvalue weighted by Gasteiger charge is -2.11. The molecule has 1 aromatic carbocycles. The van der Waals surface area contributed by atoms with Crippen molar-refractivity contribution in [3.05, 3.63) is 37.9 Å². The standard InChI is InChI=1S/C8H3Br3N2O6/c9-8(10,11)7(15)4-1-3(12(16)17)2-5(6(4)14)13(18)19/h1-2,14H. The molecule has 0 bridgehead atoms. The van der Waals surface area contributed by atoms with Gasteiger partial charge in [-0.2, -0.15) is 0 Å². The van der Waals surface area contributed by atoms with E-state index in [-0.39, 0.29) is 0 Å². The van der Waals surface area contributed by atoms with E-state index in [1.54, 1.807) is 0 Å². The third kappa shape index (κ3) is 3.48. The number of hydrogen-bond donors (Lipinski definition) is 1. The van der Waals surface area contributed by atoms with Gasteiger partial charge in [-0.3, -0.25) is 25.0 Å². The lowest BCUT2D eigenvalue weighted by Crippen LogP contribution is -2.17. The molecule has 0 aromatic heterocycles. The number of alkyl halides is 3. The number of aromatic hydroxyl groups is 1. The second-order valence-electron chi connectivity index (χ2n) is 3.20. The highest BCUT2D eigenvalue weighted by Crippen LogP contribution is 2.42. The zero-order valence-corrected chi connectivity index (χ0v) is 13.4. The normalized spacial score (nSPS) is 11.1. The average molecular weight is 463 g/mol. The van der Waals surface area contributed by atoms with E-state index in [4.69, 9.17) is 0 Å². The first kappa shape index (κ1) is 16.0. The van der Waals surface area contributed by atoms with Crippen molar-refractivity contribution >= 4 is 64.9 Å². The second kappa shape index (κ2) is 5.51. The molecule has 19 heavy (non-hydrogen) atoms. The van der Waals surface area contributed by atoms with Gasteiger partial charge in [0.2, 0.25) is 11.5 Å². The maximum atomic E-state index is 11.9. The lowest BCUT2D eigenvalue weighted by atomic mass is 10.1. The van der Waals surface area contributed by atoms with E-state index in [1.165, 1.54) is 0 Å². The molecule has 0 saturated heterocycles. The van der Waals surface area contributed by atoms with Crippen LogP contribution in [0.1, 0.15) is 10.4 Å². The van der Waals surface area contributed by atoms with Crippen molar-refractivity contribution in [3.63, 3.8) is 0 Å². The highest BCUT2D eigenvalue weighted by Gasteiger charge is 2.36. The lowest BCUT2D eigenvalue weighted by molar-refractivity contribution is -0.394. The fourth-order valence-electron chi connectivity index (χ4n) is 1.17. The molecule has 0 atom stereocenters. The van der Waals surface area contributed by atoms with Crippen LogP contribution in [0.3, 0.4) is 0 Å². The summed E-state index contributed by atoms with van der Waals surface area (Å²) in [6, 6.07) is 1.33. The zero-order valence-electron chi connectivity index (χ0n) is 8.67. The topological polar surface area (TPSA) is 124 Å². The van der Waals surface area contributed by atoms with Crippen LogP contribution in [0, 0.1) is 20.2 Å². The summed E-state index contributed by atoms with van der Waals surface area (Å²) in [5.41, 5.74) is -2.16. The van der Waals surface area contributed by atoms with Crippen molar-refractivity contribution in [2.75, 3.05) is 0 Å². The van der Waals surface area contributed by atoms with Gasteiger partial charge in [-0.1, -0.05) is 47.8 Å². The molecule has 0 aliphatic heterocycles. The molecule has 8 nitrogen and oxygen atoms in total. The predicted octanol–water partition coefficient (Wildman–Crippen LogP) is 3.23. The fourth-order valence-corrected chi connectivity index (χ4v) is 1.82. The van der Waals surface area contributed by atoms with Crippen LogP contribution in [-0.2, 0) is 0 Å². The molecule has 1 aromatic rings. The van der Waals surface area contributed by atoms with E-state index in [0.29, 0.717) is 6.07 Å². The first-order chi connectivity index (χ1) is 8.55. The van der Waals surface area contributed by atoms with Crippen LogP contribution in [0.5, 0.6) is 5.75 Å². The van der Waals surface area contributed by atoms with E-state index in [0.717, 1.165) is 6.07 Å². The van der Waals surface area contributed by atoms with Crippen LogP contribution in [0.15, 0.2) is 12.1 Å². The number of halogens is 3. The molecule has 0 spiro atoms. The molecular weight excluding hydrogens is 460 g/mol. The Kier molecular flexibility index (Phi) is 4.63. The molecule has 0 aliphatic rings. The van der Waals surface area contributed by atoms with E-state index in [9.17, 15) is 30.1 Å². The van der Waals surface area contributed by atoms with Gasteiger partial charge < -0.3 is 5.11 Å². The molecule has 0 unspecified atom stereocenters. The van der Waals surface area contributed by atoms with Gasteiger partial charge in [-0.05, 0) is 0 Å². The van der Waals surface area contributed by atoms with Crippen LogP contribution >= 0.6 is 47.8 Å². The van der Waals surface area contributed by atoms with E-state index in [1.807, 2.05) is 0 Å². The highest BCUT2D eigenvalue weighted by atomic mass is 80.0.